The fraction of sp³-hybridized carbons (Fsp3) is 0.333. The topological polar surface area (TPSA) is 12.0 Å². The number of nitrogens with one attached hydrogen (secondary N) is 1. The van der Waals surface area contributed by atoms with E-state index in [1.807, 2.05) is 18.4 Å². The van der Waals surface area contributed by atoms with Crippen molar-refractivity contribution in [3.8, 4) is 0 Å². The van der Waals surface area contributed by atoms with Crippen LogP contribution >= 0.6 is 11.3 Å². The highest BCUT2D eigenvalue weighted by atomic mass is 32.1. The van der Waals surface area contributed by atoms with E-state index in [4.69, 9.17) is 0 Å². The number of thiophene rings is 1. The Morgan fingerprint density at radius 2 is 2.21 bits per heavy atom. The van der Waals surface area contributed by atoms with Gasteiger partial charge >= 0.3 is 0 Å². The van der Waals surface area contributed by atoms with Crippen molar-refractivity contribution in [1.82, 2.24) is 5.32 Å². The molecule has 0 saturated carbocycles. The van der Waals surface area contributed by atoms with Crippen LogP contribution < -0.4 is 5.32 Å². The predicted molar refractivity (Wildman–Crippen MR) is 64.2 cm³/mol. The first-order valence-electron chi connectivity index (χ1n) is 4.93. The average Bonchev–Trinajstić information content (AvgIpc) is 2.59. The van der Waals surface area contributed by atoms with Gasteiger partial charge in [0.25, 0.3) is 0 Å². The summed E-state index contributed by atoms with van der Waals surface area (Å²) < 4.78 is 1.41. The first-order valence-corrected chi connectivity index (χ1v) is 5.81. The Hall–Kier alpha value is -0.860. The number of rotatable bonds is 3. The molecule has 0 bridgehead atoms. The van der Waals surface area contributed by atoms with Crippen LogP contribution in [0.3, 0.4) is 0 Å². The van der Waals surface area contributed by atoms with E-state index in [1.54, 1.807) is 0 Å². The Kier molecular flexibility index (Phi) is 2.85. The van der Waals surface area contributed by atoms with Crippen molar-refractivity contribution in [2.75, 3.05) is 13.6 Å². The molecule has 2 heteroatoms. The molecule has 74 valence electrons. The molecule has 1 N–H and O–H groups in total. The summed E-state index contributed by atoms with van der Waals surface area (Å²) in [7, 11) is 2.00. The van der Waals surface area contributed by atoms with E-state index in [9.17, 15) is 0 Å². The normalized spacial score (nSPS) is 11.0. The number of hydrogen-bond acceptors (Lipinski definition) is 2. The van der Waals surface area contributed by atoms with E-state index in [0.29, 0.717) is 0 Å². The van der Waals surface area contributed by atoms with Crippen LogP contribution in [0, 0.1) is 6.92 Å². The van der Waals surface area contributed by atoms with Crippen LogP contribution in [0.25, 0.3) is 10.1 Å². The maximum atomic E-state index is 3.19. The largest absolute Gasteiger partial charge is 0.319 e. The van der Waals surface area contributed by atoms with Gasteiger partial charge < -0.3 is 5.32 Å². The lowest BCUT2D eigenvalue weighted by molar-refractivity contribution is 0.796. The lowest BCUT2D eigenvalue weighted by atomic mass is 10.1. The first kappa shape index (κ1) is 9.69. The Morgan fingerprint density at radius 1 is 1.36 bits per heavy atom. The van der Waals surface area contributed by atoms with Crippen molar-refractivity contribution in [3.63, 3.8) is 0 Å². The highest BCUT2D eigenvalue weighted by Gasteiger charge is 2.05. The molecule has 0 amide bonds. The number of aryl methyl sites for hydroxylation is 1. The molecule has 0 unspecified atom stereocenters. The van der Waals surface area contributed by atoms with Gasteiger partial charge in [0.2, 0.25) is 0 Å². The number of hydrogen-bond donors (Lipinski definition) is 1. The zero-order valence-electron chi connectivity index (χ0n) is 8.63. The Balaban J connectivity index is 2.45. The molecule has 0 atom stereocenters. The molecule has 1 nitrogen and oxygen atoms in total. The van der Waals surface area contributed by atoms with Gasteiger partial charge in [-0.15, -0.1) is 11.3 Å². The second kappa shape index (κ2) is 4.11. The molecule has 0 spiro atoms. The summed E-state index contributed by atoms with van der Waals surface area (Å²) in [5.74, 6) is 0. The third kappa shape index (κ3) is 1.68. The average molecular weight is 205 g/mol. The van der Waals surface area contributed by atoms with Crippen molar-refractivity contribution < 1.29 is 0 Å². The second-order valence-electron chi connectivity index (χ2n) is 3.56. The molecule has 0 aliphatic rings. The summed E-state index contributed by atoms with van der Waals surface area (Å²) in [6.07, 6.45) is 1.13. The minimum Gasteiger partial charge on any atom is -0.319 e. The zero-order valence-corrected chi connectivity index (χ0v) is 9.45. The van der Waals surface area contributed by atoms with Gasteiger partial charge in [0.1, 0.15) is 0 Å². The summed E-state index contributed by atoms with van der Waals surface area (Å²) in [5, 5.41) is 6.95. The highest BCUT2D eigenvalue weighted by molar-refractivity contribution is 7.17. The molecular formula is C12H15NS. The summed E-state index contributed by atoms with van der Waals surface area (Å²) in [6, 6.07) is 6.53. The lowest BCUT2D eigenvalue weighted by Gasteiger charge is -2.01. The van der Waals surface area contributed by atoms with Crippen LogP contribution in [0.5, 0.6) is 0 Å². The first-order chi connectivity index (χ1) is 6.83. The molecule has 1 heterocycles. The van der Waals surface area contributed by atoms with E-state index >= 15 is 0 Å². The minimum atomic E-state index is 1.06. The smallest absolute Gasteiger partial charge is 0.0348 e. The summed E-state index contributed by atoms with van der Waals surface area (Å²) in [6.45, 7) is 3.25. The van der Waals surface area contributed by atoms with Gasteiger partial charge in [0.05, 0.1) is 0 Å². The third-order valence-electron chi connectivity index (χ3n) is 2.53. The maximum Gasteiger partial charge on any atom is 0.0348 e. The lowest BCUT2D eigenvalue weighted by Crippen LogP contribution is -2.09. The molecule has 1 aromatic heterocycles. The van der Waals surface area contributed by atoms with Gasteiger partial charge in [0.15, 0.2) is 0 Å². The molecular weight excluding hydrogens is 190 g/mol. The van der Waals surface area contributed by atoms with Crippen molar-refractivity contribution in [1.29, 1.82) is 0 Å². The van der Waals surface area contributed by atoms with Crippen LogP contribution in [-0.2, 0) is 6.42 Å². The van der Waals surface area contributed by atoms with Crippen molar-refractivity contribution in [2.24, 2.45) is 0 Å². The van der Waals surface area contributed by atoms with Gasteiger partial charge in [-0.25, -0.2) is 0 Å². The van der Waals surface area contributed by atoms with Crippen molar-refractivity contribution in [2.45, 2.75) is 13.3 Å². The molecule has 0 aliphatic carbocycles. The second-order valence-corrected chi connectivity index (χ2v) is 4.47. The SMILES string of the molecule is CNCCc1csc2cccc(C)c12. The molecule has 0 radical (unpaired) electrons. The Bertz CT molecular complexity index is 431. The van der Waals surface area contributed by atoms with Gasteiger partial charge in [-0.05, 0) is 54.9 Å². The molecule has 0 fully saturated rings. The van der Waals surface area contributed by atoms with E-state index < -0.39 is 0 Å². The molecule has 14 heavy (non-hydrogen) atoms. The Morgan fingerprint density at radius 3 is 3.00 bits per heavy atom. The van der Waals surface area contributed by atoms with Gasteiger partial charge in [-0.2, -0.15) is 0 Å². The third-order valence-corrected chi connectivity index (χ3v) is 3.52. The fourth-order valence-corrected chi connectivity index (χ4v) is 2.86. The molecule has 2 rings (SSSR count). The summed E-state index contributed by atoms with van der Waals surface area (Å²) in [4.78, 5) is 0. The highest BCUT2D eigenvalue weighted by Crippen LogP contribution is 2.28. The van der Waals surface area contributed by atoms with Gasteiger partial charge in [-0.1, -0.05) is 12.1 Å². The minimum absolute atomic E-state index is 1.06. The number of benzene rings is 1. The van der Waals surface area contributed by atoms with Gasteiger partial charge in [-0.3, -0.25) is 0 Å². The monoisotopic (exact) mass is 205 g/mol. The number of fused-ring (bicyclic) bond motifs is 1. The quantitative estimate of drug-likeness (QED) is 0.812. The predicted octanol–water partition coefficient (Wildman–Crippen LogP) is 2.97. The number of likely N-dealkylation sites (N-methyl/N-ethyl adjacent to an activating group) is 1. The van der Waals surface area contributed by atoms with Crippen molar-refractivity contribution >= 4 is 21.4 Å². The van der Waals surface area contributed by atoms with Crippen LogP contribution in [0.1, 0.15) is 11.1 Å². The van der Waals surface area contributed by atoms with Crippen LogP contribution in [0.15, 0.2) is 23.6 Å². The van der Waals surface area contributed by atoms with Crippen LogP contribution in [-0.4, -0.2) is 13.6 Å². The van der Waals surface area contributed by atoms with E-state index in [-0.39, 0.29) is 0 Å². The molecule has 1 aromatic carbocycles. The molecule has 0 aliphatic heterocycles. The standard InChI is InChI=1S/C12H15NS/c1-9-4-3-5-11-12(9)10(8-14-11)6-7-13-2/h3-5,8,13H,6-7H2,1-2H3. The maximum absolute atomic E-state index is 3.19. The van der Waals surface area contributed by atoms with E-state index in [2.05, 4.69) is 35.8 Å². The summed E-state index contributed by atoms with van der Waals surface area (Å²) in [5.41, 5.74) is 2.88. The zero-order chi connectivity index (χ0) is 9.97. The van der Waals surface area contributed by atoms with Crippen LogP contribution in [0.2, 0.25) is 0 Å². The Labute approximate surface area is 88.8 Å². The molecule has 0 saturated heterocycles. The van der Waals surface area contributed by atoms with Crippen molar-refractivity contribution in [3.05, 3.63) is 34.7 Å². The van der Waals surface area contributed by atoms with E-state index in [1.165, 1.54) is 21.2 Å². The van der Waals surface area contributed by atoms with Gasteiger partial charge in [0, 0.05) is 4.70 Å². The summed E-state index contributed by atoms with van der Waals surface area (Å²) >= 11 is 1.85. The molecule has 2 aromatic rings. The van der Waals surface area contributed by atoms with Crippen LogP contribution in [0.4, 0.5) is 0 Å². The fourth-order valence-electron chi connectivity index (χ4n) is 1.79. The van der Waals surface area contributed by atoms with E-state index in [0.717, 1.165) is 13.0 Å².